The minimum atomic E-state index is -1.09. The van der Waals surface area contributed by atoms with Gasteiger partial charge in [0.15, 0.2) is 0 Å². The quantitative estimate of drug-likeness (QED) is 0.880. The average Bonchev–Trinajstić information content (AvgIpc) is 2.33. The lowest BCUT2D eigenvalue weighted by atomic mass is 9.87. The summed E-state index contributed by atoms with van der Waals surface area (Å²) in [6, 6.07) is 10.6. The standard InChI is InChI=1S/C17H18ClFO/c1-11-7-12(2)9-14(8-11)17(3,20)10-13-5-4-6-15(19)16(13)18/h4-9,20H,10H2,1-3H3. The largest absolute Gasteiger partial charge is 0.385 e. The highest BCUT2D eigenvalue weighted by Crippen LogP contribution is 2.30. The van der Waals surface area contributed by atoms with Crippen LogP contribution in [0.5, 0.6) is 0 Å². The molecule has 1 unspecified atom stereocenters. The second-order valence-electron chi connectivity index (χ2n) is 5.54. The lowest BCUT2D eigenvalue weighted by Crippen LogP contribution is -2.24. The highest BCUT2D eigenvalue weighted by Gasteiger charge is 2.25. The Morgan fingerprint density at radius 2 is 1.75 bits per heavy atom. The van der Waals surface area contributed by atoms with Gasteiger partial charge in [0, 0.05) is 6.42 Å². The van der Waals surface area contributed by atoms with E-state index < -0.39 is 11.4 Å². The third kappa shape index (κ3) is 3.20. The van der Waals surface area contributed by atoms with Gasteiger partial charge in [-0.3, -0.25) is 0 Å². The van der Waals surface area contributed by atoms with Crippen LogP contribution in [0.1, 0.15) is 29.2 Å². The van der Waals surface area contributed by atoms with Crippen molar-refractivity contribution < 1.29 is 9.50 Å². The molecule has 2 aromatic rings. The summed E-state index contributed by atoms with van der Waals surface area (Å²) in [5.41, 5.74) is 2.51. The van der Waals surface area contributed by atoms with E-state index in [-0.39, 0.29) is 11.4 Å². The second-order valence-corrected chi connectivity index (χ2v) is 5.92. The summed E-state index contributed by atoms with van der Waals surface area (Å²) in [6.45, 7) is 5.70. The predicted octanol–water partition coefficient (Wildman–Crippen LogP) is 4.55. The van der Waals surface area contributed by atoms with Gasteiger partial charge in [-0.1, -0.05) is 53.1 Å². The molecule has 0 fully saturated rings. The zero-order valence-electron chi connectivity index (χ0n) is 11.9. The molecule has 0 radical (unpaired) electrons. The molecular formula is C17H18ClFO. The van der Waals surface area contributed by atoms with Gasteiger partial charge >= 0.3 is 0 Å². The van der Waals surface area contributed by atoms with Crippen molar-refractivity contribution in [2.45, 2.75) is 32.8 Å². The van der Waals surface area contributed by atoms with Crippen molar-refractivity contribution in [3.05, 3.63) is 69.5 Å². The summed E-state index contributed by atoms with van der Waals surface area (Å²) >= 11 is 5.96. The summed E-state index contributed by atoms with van der Waals surface area (Å²) in [5.74, 6) is -0.458. The Labute approximate surface area is 124 Å². The van der Waals surface area contributed by atoms with Crippen LogP contribution in [-0.2, 0) is 12.0 Å². The van der Waals surface area contributed by atoms with E-state index in [1.54, 1.807) is 19.1 Å². The Morgan fingerprint density at radius 3 is 2.35 bits per heavy atom. The molecule has 1 nitrogen and oxygen atoms in total. The molecule has 106 valence electrons. The summed E-state index contributed by atoms with van der Waals surface area (Å²) in [4.78, 5) is 0. The zero-order chi connectivity index (χ0) is 14.9. The molecule has 1 atom stereocenters. The number of halogens is 2. The van der Waals surface area contributed by atoms with Crippen LogP contribution in [0.3, 0.4) is 0 Å². The van der Waals surface area contributed by atoms with Crippen LogP contribution in [0.4, 0.5) is 4.39 Å². The molecule has 0 bridgehead atoms. The number of aliphatic hydroxyl groups is 1. The first-order valence-electron chi connectivity index (χ1n) is 6.53. The van der Waals surface area contributed by atoms with E-state index >= 15 is 0 Å². The molecule has 2 rings (SSSR count). The van der Waals surface area contributed by atoms with Gasteiger partial charge < -0.3 is 5.11 Å². The molecule has 0 saturated heterocycles. The van der Waals surface area contributed by atoms with Gasteiger partial charge in [-0.25, -0.2) is 4.39 Å². The molecule has 0 aliphatic heterocycles. The first-order chi connectivity index (χ1) is 9.29. The highest BCUT2D eigenvalue weighted by molar-refractivity contribution is 6.31. The normalized spacial score (nSPS) is 14.1. The Bertz CT molecular complexity index is 615. The summed E-state index contributed by atoms with van der Waals surface area (Å²) in [5, 5.41) is 10.8. The molecule has 1 N–H and O–H groups in total. The molecule has 0 saturated carbocycles. The van der Waals surface area contributed by atoms with E-state index in [0.29, 0.717) is 5.56 Å². The Balaban J connectivity index is 2.37. The van der Waals surface area contributed by atoms with Crippen LogP contribution in [0.25, 0.3) is 0 Å². The zero-order valence-corrected chi connectivity index (χ0v) is 12.6. The van der Waals surface area contributed by atoms with Gasteiger partial charge in [-0.15, -0.1) is 0 Å². The van der Waals surface area contributed by atoms with Crippen molar-refractivity contribution in [2.75, 3.05) is 0 Å². The minimum absolute atomic E-state index is 0.0807. The third-order valence-electron chi connectivity index (χ3n) is 3.41. The van der Waals surface area contributed by atoms with Gasteiger partial charge in [0.1, 0.15) is 5.82 Å². The summed E-state index contributed by atoms with van der Waals surface area (Å²) in [6.07, 6.45) is 0.270. The van der Waals surface area contributed by atoms with Gasteiger partial charge in [0.05, 0.1) is 10.6 Å². The van der Waals surface area contributed by atoms with Crippen molar-refractivity contribution in [1.29, 1.82) is 0 Å². The van der Waals surface area contributed by atoms with E-state index in [9.17, 15) is 9.50 Å². The molecule has 0 spiro atoms. The lowest BCUT2D eigenvalue weighted by Gasteiger charge is -2.25. The maximum Gasteiger partial charge on any atom is 0.142 e. The van der Waals surface area contributed by atoms with E-state index in [0.717, 1.165) is 16.7 Å². The molecule has 20 heavy (non-hydrogen) atoms. The van der Waals surface area contributed by atoms with Gasteiger partial charge in [-0.2, -0.15) is 0 Å². The smallest absolute Gasteiger partial charge is 0.142 e. The molecule has 0 heterocycles. The van der Waals surface area contributed by atoms with Crippen molar-refractivity contribution in [3.63, 3.8) is 0 Å². The molecule has 0 aliphatic rings. The van der Waals surface area contributed by atoms with E-state index in [1.807, 2.05) is 26.0 Å². The number of benzene rings is 2. The van der Waals surface area contributed by atoms with Gasteiger partial charge in [0.25, 0.3) is 0 Å². The van der Waals surface area contributed by atoms with Crippen LogP contribution in [0, 0.1) is 19.7 Å². The van der Waals surface area contributed by atoms with E-state index in [2.05, 4.69) is 6.07 Å². The van der Waals surface area contributed by atoms with Crippen LogP contribution >= 0.6 is 11.6 Å². The lowest BCUT2D eigenvalue weighted by molar-refractivity contribution is 0.0574. The Hall–Kier alpha value is -1.38. The number of hydrogen-bond donors (Lipinski definition) is 1. The first-order valence-corrected chi connectivity index (χ1v) is 6.91. The first kappa shape index (κ1) is 15.0. The van der Waals surface area contributed by atoms with Gasteiger partial charge in [0.2, 0.25) is 0 Å². The van der Waals surface area contributed by atoms with Crippen molar-refractivity contribution in [3.8, 4) is 0 Å². The Kier molecular flexibility index (Phi) is 4.17. The van der Waals surface area contributed by atoms with Crippen LogP contribution < -0.4 is 0 Å². The number of rotatable bonds is 3. The van der Waals surface area contributed by atoms with Crippen LogP contribution in [-0.4, -0.2) is 5.11 Å². The average molecular weight is 293 g/mol. The summed E-state index contributed by atoms with van der Waals surface area (Å²) in [7, 11) is 0. The van der Waals surface area contributed by atoms with E-state index in [4.69, 9.17) is 11.6 Å². The molecule has 0 amide bonds. The molecule has 2 aromatic carbocycles. The van der Waals surface area contributed by atoms with Crippen molar-refractivity contribution >= 4 is 11.6 Å². The van der Waals surface area contributed by atoms with E-state index in [1.165, 1.54) is 6.07 Å². The third-order valence-corrected chi connectivity index (χ3v) is 3.83. The maximum absolute atomic E-state index is 13.5. The van der Waals surface area contributed by atoms with Crippen molar-refractivity contribution in [2.24, 2.45) is 0 Å². The minimum Gasteiger partial charge on any atom is -0.385 e. The monoisotopic (exact) mass is 292 g/mol. The fraction of sp³-hybridized carbons (Fsp3) is 0.294. The fourth-order valence-corrected chi connectivity index (χ4v) is 2.64. The number of aryl methyl sites for hydroxylation is 2. The second kappa shape index (κ2) is 5.55. The summed E-state index contributed by atoms with van der Waals surface area (Å²) < 4.78 is 13.5. The predicted molar refractivity (Wildman–Crippen MR) is 80.6 cm³/mol. The molecule has 0 aromatic heterocycles. The topological polar surface area (TPSA) is 20.2 Å². The van der Waals surface area contributed by atoms with Crippen molar-refractivity contribution in [1.82, 2.24) is 0 Å². The molecule has 3 heteroatoms. The number of hydrogen-bond acceptors (Lipinski definition) is 1. The maximum atomic E-state index is 13.5. The van der Waals surface area contributed by atoms with Crippen LogP contribution in [0.2, 0.25) is 5.02 Å². The van der Waals surface area contributed by atoms with Gasteiger partial charge in [-0.05, 0) is 38.0 Å². The molecule has 0 aliphatic carbocycles. The molecular weight excluding hydrogens is 275 g/mol. The van der Waals surface area contributed by atoms with Crippen LogP contribution in [0.15, 0.2) is 36.4 Å². The Morgan fingerprint density at radius 1 is 1.15 bits per heavy atom. The highest BCUT2D eigenvalue weighted by atomic mass is 35.5. The fourth-order valence-electron chi connectivity index (χ4n) is 2.44. The SMILES string of the molecule is Cc1cc(C)cc(C(C)(O)Cc2cccc(F)c2Cl)c1.